The first kappa shape index (κ1) is 24.5. The van der Waals surface area contributed by atoms with Gasteiger partial charge in [-0.05, 0) is 67.3 Å². The molecular weight excluding hydrogens is 442 g/mol. The number of nitrogens with zero attached hydrogens (tertiary/aromatic N) is 5. The molecule has 8 nitrogen and oxygen atoms in total. The third kappa shape index (κ3) is 5.73. The number of nitriles is 1. The standard InChI is InChI=1S/C27H33N5O3/c1-4-35-22-8-7-21(29-14-22)15-31(25(33)34)17-26(2)10-5-11-27(3,16-26)18-32-19-30-23-9-6-20(13-28)12-24(23)32/h6-9,12,14,19H,4-5,10-11,15-18H2,1-3H3,(H,33,34)/t26?,27-/m0/s1. The predicted molar refractivity (Wildman–Crippen MR) is 133 cm³/mol. The van der Waals surface area contributed by atoms with Crippen LogP contribution >= 0.6 is 0 Å². The molecule has 2 aromatic heterocycles. The van der Waals surface area contributed by atoms with Gasteiger partial charge in [0.2, 0.25) is 0 Å². The van der Waals surface area contributed by atoms with Crippen molar-refractivity contribution in [1.29, 1.82) is 5.26 Å². The maximum absolute atomic E-state index is 12.1. The number of amides is 1. The number of carboxylic acid groups (broad SMARTS) is 1. The van der Waals surface area contributed by atoms with Crippen molar-refractivity contribution in [3.05, 3.63) is 54.1 Å². The Morgan fingerprint density at radius 1 is 1.23 bits per heavy atom. The van der Waals surface area contributed by atoms with Crippen molar-refractivity contribution in [2.45, 2.75) is 59.5 Å². The van der Waals surface area contributed by atoms with Crippen LogP contribution in [0.5, 0.6) is 5.75 Å². The normalized spacial score (nSPS) is 22.0. The van der Waals surface area contributed by atoms with Gasteiger partial charge in [0.1, 0.15) is 5.75 Å². The Labute approximate surface area is 206 Å². The highest BCUT2D eigenvalue weighted by Crippen LogP contribution is 2.48. The van der Waals surface area contributed by atoms with Gasteiger partial charge in [-0.2, -0.15) is 5.26 Å². The number of ether oxygens (including phenoxy) is 1. The van der Waals surface area contributed by atoms with E-state index >= 15 is 0 Å². The molecule has 0 aliphatic heterocycles. The summed E-state index contributed by atoms with van der Waals surface area (Å²) in [5.41, 5.74) is 3.02. The SMILES string of the molecule is CCOc1ccc(CN(CC2(C)CCC[C@](C)(Cn3cnc4ccc(C#N)cc43)C2)C(=O)O)nc1. The summed E-state index contributed by atoms with van der Waals surface area (Å²) in [4.78, 5) is 22.5. The lowest BCUT2D eigenvalue weighted by Crippen LogP contribution is -2.44. The highest BCUT2D eigenvalue weighted by molar-refractivity contribution is 5.77. The van der Waals surface area contributed by atoms with E-state index < -0.39 is 6.09 Å². The fourth-order valence-electron chi connectivity index (χ4n) is 5.69. The molecule has 0 radical (unpaired) electrons. The number of aromatic nitrogens is 3. The van der Waals surface area contributed by atoms with E-state index in [1.165, 1.54) is 4.90 Å². The number of imidazole rings is 1. The highest BCUT2D eigenvalue weighted by Gasteiger charge is 2.41. The van der Waals surface area contributed by atoms with E-state index in [1.807, 2.05) is 37.5 Å². The van der Waals surface area contributed by atoms with Crippen LogP contribution in [0, 0.1) is 22.2 Å². The Kier molecular flexibility index (Phi) is 6.97. The number of benzene rings is 1. The Balaban J connectivity index is 1.48. The van der Waals surface area contributed by atoms with E-state index in [1.54, 1.807) is 12.3 Å². The molecule has 1 aliphatic rings. The van der Waals surface area contributed by atoms with Gasteiger partial charge in [0.25, 0.3) is 0 Å². The number of hydrogen-bond donors (Lipinski definition) is 1. The van der Waals surface area contributed by atoms with Crippen molar-refractivity contribution in [3.63, 3.8) is 0 Å². The minimum atomic E-state index is -0.932. The van der Waals surface area contributed by atoms with Crippen LogP contribution in [0.3, 0.4) is 0 Å². The van der Waals surface area contributed by atoms with Crippen molar-refractivity contribution >= 4 is 17.1 Å². The van der Waals surface area contributed by atoms with E-state index in [-0.39, 0.29) is 17.4 Å². The Morgan fingerprint density at radius 3 is 2.71 bits per heavy atom. The molecule has 1 unspecified atom stereocenters. The van der Waals surface area contributed by atoms with E-state index in [4.69, 9.17) is 4.74 Å². The van der Waals surface area contributed by atoms with Crippen molar-refractivity contribution in [1.82, 2.24) is 19.4 Å². The third-order valence-electron chi connectivity index (χ3n) is 7.02. The summed E-state index contributed by atoms with van der Waals surface area (Å²) in [6.45, 7) is 8.44. The van der Waals surface area contributed by atoms with Crippen LogP contribution in [0.15, 0.2) is 42.9 Å². The van der Waals surface area contributed by atoms with Gasteiger partial charge in [-0.3, -0.25) is 4.98 Å². The minimum Gasteiger partial charge on any atom is -0.492 e. The second kappa shape index (κ2) is 9.95. The quantitative estimate of drug-likeness (QED) is 0.463. The van der Waals surface area contributed by atoms with Gasteiger partial charge < -0.3 is 19.3 Å². The molecular formula is C27H33N5O3. The summed E-state index contributed by atoms with van der Waals surface area (Å²) in [6, 6.07) is 11.4. The van der Waals surface area contributed by atoms with Crippen LogP contribution in [0.4, 0.5) is 4.79 Å². The molecule has 8 heteroatoms. The van der Waals surface area contributed by atoms with E-state index in [0.717, 1.165) is 43.3 Å². The van der Waals surface area contributed by atoms with Crippen LogP contribution < -0.4 is 4.74 Å². The van der Waals surface area contributed by atoms with Crippen LogP contribution in [-0.2, 0) is 13.1 Å². The van der Waals surface area contributed by atoms with E-state index in [2.05, 4.69) is 34.5 Å². The van der Waals surface area contributed by atoms with E-state index in [9.17, 15) is 15.2 Å². The van der Waals surface area contributed by atoms with Gasteiger partial charge >= 0.3 is 6.09 Å². The lowest BCUT2D eigenvalue weighted by atomic mass is 9.63. The second-order valence-corrected chi connectivity index (χ2v) is 10.4. The van der Waals surface area contributed by atoms with E-state index in [0.29, 0.717) is 30.2 Å². The van der Waals surface area contributed by atoms with Gasteiger partial charge in [0.05, 0.1) is 54.0 Å². The van der Waals surface area contributed by atoms with Crippen LogP contribution in [0.25, 0.3) is 11.0 Å². The number of rotatable bonds is 8. The molecule has 1 amide bonds. The summed E-state index contributed by atoms with van der Waals surface area (Å²) in [5.74, 6) is 0.682. The fraction of sp³-hybridized carbons (Fsp3) is 0.481. The molecule has 4 rings (SSSR count). The van der Waals surface area contributed by atoms with Gasteiger partial charge in [0.15, 0.2) is 0 Å². The summed E-state index contributed by atoms with van der Waals surface area (Å²) >= 11 is 0. The molecule has 3 aromatic rings. The zero-order valence-electron chi connectivity index (χ0n) is 20.7. The summed E-state index contributed by atoms with van der Waals surface area (Å²) in [7, 11) is 0. The van der Waals surface area contributed by atoms with Gasteiger partial charge in [-0.15, -0.1) is 0 Å². The third-order valence-corrected chi connectivity index (χ3v) is 7.02. The van der Waals surface area contributed by atoms with Crippen molar-refractivity contribution in [2.24, 2.45) is 10.8 Å². The van der Waals surface area contributed by atoms with Crippen molar-refractivity contribution in [3.8, 4) is 11.8 Å². The van der Waals surface area contributed by atoms with Crippen molar-refractivity contribution < 1.29 is 14.6 Å². The predicted octanol–water partition coefficient (Wildman–Crippen LogP) is 5.47. The molecule has 0 saturated heterocycles. The molecule has 1 fully saturated rings. The van der Waals surface area contributed by atoms with Crippen molar-refractivity contribution in [2.75, 3.05) is 13.2 Å². The minimum absolute atomic E-state index is 0.00909. The average Bonchev–Trinajstić information content (AvgIpc) is 3.20. The summed E-state index contributed by atoms with van der Waals surface area (Å²) in [5, 5.41) is 19.3. The molecule has 0 bridgehead atoms. The molecule has 2 heterocycles. The van der Waals surface area contributed by atoms with Gasteiger partial charge in [0, 0.05) is 13.1 Å². The Bertz CT molecular complexity index is 1230. The number of carbonyl (C=O) groups is 1. The molecule has 2 atom stereocenters. The highest BCUT2D eigenvalue weighted by atomic mass is 16.5. The molecule has 1 saturated carbocycles. The maximum atomic E-state index is 12.1. The molecule has 1 N–H and O–H groups in total. The van der Waals surface area contributed by atoms with Crippen LogP contribution in [0.2, 0.25) is 0 Å². The molecule has 1 aromatic carbocycles. The van der Waals surface area contributed by atoms with Gasteiger partial charge in [-0.25, -0.2) is 9.78 Å². The van der Waals surface area contributed by atoms with Crippen LogP contribution in [0.1, 0.15) is 57.7 Å². The fourth-order valence-corrected chi connectivity index (χ4v) is 5.69. The number of pyridine rings is 1. The van der Waals surface area contributed by atoms with Crippen LogP contribution in [-0.4, -0.2) is 43.8 Å². The molecule has 35 heavy (non-hydrogen) atoms. The topological polar surface area (TPSA) is 104 Å². The maximum Gasteiger partial charge on any atom is 0.407 e. The monoisotopic (exact) mass is 475 g/mol. The molecule has 184 valence electrons. The number of hydrogen-bond acceptors (Lipinski definition) is 5. The van der Waals surface area contributed by atoms with Gasteiger partial charge in [-0.1, -0.05) is 20.3 Å². The first-order chi connectivity index (χ1) is 16.7. The average molecular weight is 476 g/mol. The Hall–Kier alpha value is -3.60. The zero-order valence-corrected chi connectivity index (χ0v) is 20.7. The Morgan fingerprint density at radius 2 is 2.03 bits per heavy atom. The lowest BCUT2D eigenvalue weighted by molar-refractivity contribution is 0.0362. The zero-order chi connectivity index (χ0) is 25.1. The lowest BCUT2D eigenvalue weighted by Gasteiger charge is -2.46. The molecule has 1 aliphatic carbocycles. The first-order valence-electron chi connectivity index (χ1n) is 12.1. The summed E-state index contributed by atoms with van der Waals surface area (Å²) < 4.78 is 7.58. The summed E-state index contributed by atoms with van der Waals surface area (Å²) in [6.07, 6.45) is 6.55. The smallest absolute Gasteiger partial charge is 0.407 e. The first-order valence-corrected chi connectivity index (χ1v) is 12.1. The molecule has 0 spiro atoms. The number of fused-ring (bicyclic) bond motifs is 1. The second-order valence-electron chi connectivity index (χ2n) is 10.4. The largest absolute Gasteiger partial charge is 0.492 e.